The molecule has 1 atom stereocenters. The Morgan fingerprint density at radius 2 is 1.95 bits per heavy atom. The first-order chi connectivity index (χ1) is 9.75. The highest BCUT2D eigenvalue weighted by molar-refractivity contribution is 5.97. The third-order valence-corrected chi connectivity index (χ3v) is 3.40. The van der Waals surface area contributed by atoms with Crippen LogP contribution >= 0.6 is 0 Å². The van der Waals surface area contributed by atoms with E-state index in [0.717, 1.165) is 12.1 Å². The molecule has 5 heteroatoms. The Labute approximate surface area is 117 Å². The van der Waals surface area contributed by atoms with Crippen LogP contribution in [-0.4, -0.2) is 22.5 Å². The van der Waals surface area contributed by atoms with Gasteiger partial charge in [0.05, 0.1) is 5.92 Å². The maximum atomic E-state index is 5.46. The summed E-state index contributed by atoms with van der Waals surface area (Å²) in [5.41, 5.74) is 1.94. The molecule has 0 bridgehead atoms. The molecule has 104 valence electrons. The molecule has 2 aromatic rings. The lowest BCUT2D eigenvalue weighted by atomic mass is 9.88. The molecule has 1 aromatic heterocycles. The zero-order valence-electron chi connectivity index (χ0n) is 11.6. The molecule has 5 nitrogen and oxygen atoms in total. The van der Waals surface area contributed by atoms with Crippen LogP contribution in [0.4, 0.5) is 0 Å². The largest absolute Gasteiger partial charge is 0.395 e. The lowest BCUT2D eigenvalue weighted by molar-refractivity contribution is 0.174. The van der Waals surface area contributed by atoms with Crippen molar-refractivity contribution in [1.82, 2.24) is 10.1 Å². The van der Waals surface area contributed by atoms with Crippen molar-refractivity contribution >= 4 is 5.71 Å². The fourth-order valence-electron chi connectivity index (χ4n) is 2.42. The molecule has 1 aromatic carbocycles. The van der Waals surface area contributed by atoms with Crippen molar-refractivity contribution in [2.45, 2.75) is 26.2 Å². The van der Waals surface area contributed by atoms with Gasteiger partial charge in [-0.3, -0.25) is 0 Å². The number of rotatable bonds is 4. The number of oxime groups is 1. The number of aromatic nitrogens is 2. The average molecular weight is 271 g/mol. The molecule has 0 radical (unpaired) electrons. The molecule has 1 aliphatic heterocycles. The molecule has 3 rings (SSSR count). The van der Waals surface area contributed by atoms with Gasteiger partial charge in [-0.25, -0.2) is 0 Å². The van der Waals surface area contributed by atoms with Gasteiger partial charge in [-0.15, -0.1) is 0 Å². The van der Waals surface area contributed by atoms with E-state index in [2.05, 4.69) is 41.3 Å². The van der Waals surface area contributed by atoms with Crippen LogP contribution in [0.2, 0.25) is 0 Å². The van der Waals surface area contributed by atoms with Crippen molar-refractivity contribution in [3.05, 3.63) is 47.6 Å². The maximum Gasteiger partial charge on any atom is 0.234 e. The van der Waals surface area contributed by atoms with Crippen LogP contribution in [0.25, 0.3) is 0 Å². The molecule has 2 heterocycles. The van der Waals surface area contributed by atoms with Crippen LogP contribution in [0.3, 0.4) is 0 Å². The average Bonchev–Trinajstić information content (AvgIpc) is 3.10. The van der Waals surface area contributed by atoms with Gasteiger partial charge in [0.15, 0.2) is 0 Å². The van der Waals surface area contributed by atoms with Crippen molar-refractivity contribution in [3.8, 4) is 0 Å². The van der Waals surface area contributed by atoms with E-state index in [-0.39, 0.29) is 5.92 Å². The highest BCUT2D eigenvalue weighted by atomic mass is 16.6. The first kappa shape index (κ1) is 12.8. The summed E-state index contributed by atoms with van der Waals surface area (Å²) in [5.74, 6) is 1.64. The summed E-state index contributed by atoms with van der Waals surface area (Å²) in [6, 6.07) is 10.2. The Morgan fingerprint density at radius 3 is 2.60 bits per heavy atom. The molecule has 20 heavy (non-hydrogen) atoms. The van der Waals surface area contributed by atoms with E-state index in [1.807, 2.05) is 18.2 Å². The van der Waals surface area contributed by atoms with Gasteiger partial charge in [-0.2, -0.15) is 4.98 Å². The van der Waals surface area contributed by atoms with Crippen molar-refractivity contribution in [2.75, 3.05) is 6.61 Å². The molecule has 0 aliphatic carbocycles. The van der Waals surface area contributed by atoms with Crippen molar-refractivity contribution < 1.29 is 9.36 Å². The quantitative estimate of drug-likeness (QED) is 0.857. The fourth-order valence-corrected chi connectivity index (χ4v) is 2.42. The van der Waals surface area contributed by atoms with Crippen LogP contribution in [0.1, 0.15) is 43.5 Å². The second-order valence-corrected chi connectivity index (χ2v) is 5.21. The summed E-state index contributed by atoms with van der Waals surface area (Å²) < 4.78 is 5.46. The van der Waals surface area contributed by atoms with E-state index < -0.39 is 0 Å². The molecular weight excluding hydrogens is 254 g/mol. The molecule has 0 N–H and O–H groups in total. The number of benzene rings is 1. The minimum Gasteiger partial charge on any atom is -0.395 e. The van der Waals surface area contributed by atoms with Crippen LogP contribution in [0.15, 0.2) is 40.0 Å². The smallest absolute Gasteiger partial charge is 0.234 e. The third-order valence-electron chi connectivity index (χ3n) is 3.40. The van der Waals surface area contributed by atoms with Crippen molar-refractivity contribution in [3.63, 3.8) is 0 Å². The minimum absolute atomic E-state index is 0.0976. The van der Waals surface area contributed by atoms with Crippen LogP contribution < -0.4 is 0 Å². The summed E-state index contributed by atoms with van der Waals surface area (Å²) in [6.07, 6.45) is 0.733. The topological polar surface area (TPSA) is 60.5 Å². The fraction of sp³-hybridized carbons (Fsp3) is 0.400. The molecule has 0 amide bonds. The van der Waals surface area contributed by atoms with E-state index in [4.69, 9.17) is 9.36 Å². The standard InChI is InChI=1S/C15H17N3O2/c1-10(2)13(11-6-4-3-5-7-11)15-16-14(18-20-15)12-8-9-19-17-12/h3-7,10,13H,8-9H2,1-2H3. The SMILES string of the molecule is CC(C)C(c1ccccc1)c1nc(C2=NOCC2)no1. The normalized spacial score (nSPS) is 16.1. The van der Waals surface area contributed by atoms with Gasteiger partial charge >= 0.3 is 0 Å². The Morgan fingerprint density at radius 1 is 1.15 bits per heavy atom. The summed E-state index contributed by atoms with van der Waals surface area (Å²) in [5, 5.41) is 7.96. The Hall–Kier alpha value is -2.17. The predicted octanol–water partition coefficient (Wildman–Crippen LogP) is 2.98. The summed E-state index contributed by atoms with van der Waals surface area (Å²) in [6.45, 7) is 4.89. The molecule has 0 saturated heterocycles. The van der Waals surface area contributed by atoms with E-state index in [1.54, 1.807) is 0 Å². The number of hydrogen-bond donors (Lipinski definition) is 0. The molecule has 0 spiro atoms. The lowest BCUT2D eigenvalue weighted by Crippen LogP contribution is -2.09. The molecule has 0 saturated carbocycles. The Kier molecular flexibility index (Phi) is 3.50. The van der Waals surface area contributed by atoms with E-state index >= 15 is 0 Å². The van der Waals surface area contributed by atoms with E-state index in [1.165, 1.54) is 5.56 Å². The van der Waals surface area contributed by atoms with Gasteiger partial charge in [0.1, 0.15) is 12.3 Å². The summed E-state index contributed by atoms with van der Waals surface area (Å²) in [4.78, 5) is 9.48. The zero-order chi connectivity index (χ0) is 13.9. The first-order valence-electron chi connectivity index (χ1n) is 6.83. The monoisotopic (exact) mass is 271 g/mol. The minimum atomic E-state index is 0.0976. The lowest BCUT2D eigenvalue weighted by Gasteiger charge is -2.16. The second-order valence-electron chi connectivity index (χ2n) is 5.21. The van der Waals surface area contributed by atoms with Crippen LogP contribution in [0, 0.1) is 5.92 Å². The summed E-state index contributed by atoms with van der Waals surface area (Å²) in [7, 11) is 0. The second kappa shape index (κ2) is 5.45. The van der Waals surface area contributed by atoms with Gasteiger partial charge in [0.25, 0.3) is 0 Å². The number of nitrogens with zero attached hydrogens (tertiary/aromatic N) is 3. The van der Waals surface area contributed by atoms with Gasteiger partial charge in [0.2, 0.25) is 11.7 Å². The predicted molar refractivity (Wildman–Crippen MR) is 74.5 cm³/mol. The Bertz CT molecular complexity index is 605. The maximum absolute atomic E-state index is 5.46. The first-order valence-corrected chi connectivity index (χ1v) is 6.83. The Balaban J connectivity index is 1.93. The van der Waals surface area contributed by atoms with E-state index in [0.29, 0.717) is 24.2 Å². The zero-order valence-corrected chi connectivity index (χ0v) is 11.6. The van der Waals surface area contributed by atoms with E-state index in [9.17, 15) is 0 Å². The van der Waals surface area contributed by atoms with Crippen LogP contribution in [-0.2, 0) is 4.84 Å². The van der Waals surface area contributed by atoms with Gasteiger partial charge in [0, 0.05) is 6.42 Å². The van der Waals surface area contributed by atoms with Crippen molar-refractivity contribution in [1.29, 1.82) is 0 Å². The number of hydrogen-bond acceptors (Lipinski definition) is 5. The molecule has 0 fully saturated rings. The molecule has 1 aliphatic rings. The molecule has 1 unspecified atom stereocenters. The third kappa shape index (κ3) is 2.43. The molecular formula is C15H17N3O2. The van der Waals surface area contributed by atoms with Crippen molar-refractivity contribution in [2.24, 2.45) is 11.1 Å². The van der Waals surface area contributed by atoms with Gasteiger partial charge in [-0.05, 0) is 11.5 Å². The van der Waals surface area contributed by atoms with Gasteiger partial charge < -0.3 is 9.36 Å². The highest BCUT2D eigenvalue weighted by Crippen LogP contribution is 2.30. The van der Waals surface area contributed by atoms with Gasteiger partial charge in [-0.1, -0.05) is 54.5 Å². The summed E-state index contributed by atoms with van der Waals surface area (Å²) >= 11 is 0. The van der Waals surface area contributed by atoms with Crippen LogP contribution in [0.5, 0.6) is 0 Å². The highest BCUT2D eigenvalue weighted by Gasteiger charge is 2.26.